The molecule has 3 heteroatoms. The van der Waals surface area contributed by atoms with Crippen molar-refractivity contribution in [1.29, 1.82) is 0 Å². The molecule has 2 unspecified atom stereocenters. The lowest BCUT2D eigenvalue weighted by Gasteiger charge is -2.35. The molecule has 0 spiro atoms. The monoisotopic (exact) mass is 257 g/mol. The Hall–Kier alpha value is -0.240. The highest BCUT2D eigenvalue weighted by molar-refractivity contribution is 6.21. The maximum Gasteiger partial charge on any atom is 0.222 e. The van der Waals surface area contributed by atoms with Gasteiger partial charge in [-0.1, -0.05) is 26.2 Å². The summed E-state index contributed by atoms with van der Waals surface area (Å²) in [6.07, 6.45) is 8.30. The third-order valence-electron chi connectivity index (χ3n) is 4.41. The molecule has 1 saturated heterocycles. The molecule has 1 heterocycles. The number of halogens is 1. The van der Waals surface area contributed by atoms with E-state index in [1.165, 1.54) is 32.1 Å². The summed E-state index contributed by atoms with van der Waals surface area (Å²) in [6, 6.07) is 0. The second kappa shape index (κ2) is 6.08. The second-order valence-corrected chi connectivity index (χ2v) is 6.39. The Balaban J connectivity index is 1.79. The van der Waals surface area contributed by atoms with Gasteiger partial charge in [0.05, 0.1) is 5.38 Å². The molecule has 1 aliphatic carbocycles. The lowest BCUT2D eigenvalue weighted by Crippen LogP contribution is -2.44. The fourth-order valence-electron chi connectivity index (χ4n) is 3.02. The third-order valence-corrected chi connectivity index (χ3v) is 4.98. The molecule has 98 valence electrons. The van der Waals surface area contributed by atoms with Crippen molar-refractivity contribution in [2.24, 2.45) is 11.8 Å². The van der Waals surface area contributed by atoms with E-state index in [1.807, 2.05) is 4.90 Å². The van der Waals surface area contributed by atoms with Gasteiger partial charge in [-0.2, -0.15) is 0 Å². The maximum atomic E-state index is 12.2. The summed E-state index contributed by atoms with van der Waals surface area (Å²) in [6.45, 7) is 3.85. The molecule has 2 rings (SSSR count). The fourth-order valence-corrected chi connectivity index (χ4v) is 3.31. The molecular formula is C14H24ClNO. The van der Waals surface area contributed by atoms with Crippen LogP contribution in [-0.4, -0.2) is 29.3 Å². The van der Waals surface area contributed by atoms with Gasteiger partial charge in [0, 0.05) is 19.5 Å². The molecule has 1 amide bonds. The van der Waals surface area contributed by atoms with Gasteiger partial charge in [0.25, 0.3) is 0 Å². The van der Waals surface area contributed by atoms with Gasteiger partial charge in [0.15, 0.2) is 0 Å². The van der Waals surface area contributed by atoms with E-state index >= 15 is 0 Å². The van der Waals surface area contributed by atoms with E-state index < -0.39 is 0 Å². The smallest absolute Gasteiger partial charge is 0.222 e. The van der Waals surface area contributed by atoms with Crippen molar-refractivity contribution < 1.29 is 4.79 Å². The number of hydrogen-bond donors (Lipinski definition) is 0. The van der Waals surface area contributed by atoms with Gasteiger partial charge in [-0.05, 0) is 31.1 Å². The van der Waals surface area contributed by atoms with Crippen LogP contribution in [0, 0.1) is 11.8 Å². The first kappa shape index (κ1) is 13.2. The molecule has 2 aliphatic rings. The van der Waals surface area contributed by atoms with E-state index in [4.69, 9.17) is 11.6 Å². The largest absolute Gasteiger partial charge is 0.341 e. The molecule has 0 aromatic heterocycles. The van der Waals surface area contributed by atoms with Crippen LogP contribution in [0.4, 0.5) is 0 Å². The quantitative estimate of drug-likeness (QED) is 0.694. The highest BCUT2D eigenvalue weighted by Gasteiger charge is 2.28. The Morgan fingerprint density at radius 2 is 1.94 bits per heavy atom. The first-order chi connectivity index (χ1) is 8.16. The van der Waals surface area contributed by atoms with E-state index in [2.05, 4.69) is 6.92 Å². The first-order valence-corrected chi connectivity index (χ1v) is 7.52. The topological polar surface area (TPSA) is 20.3 Å². The van der Waals surface area contributed by atoms with Crippen LogP contribution in [0.2, 0.25) is 0 Å². The van der Waals surface area contributed by atoms with Crippen LogP contribution in [0.15, 0.2) is 0 Å². The normalized spacial score (nSPS) is 31.5. The van der Waals surface area contributed by atoms with Gasteiger partial charge in [0.1, 0.15) is 0 Å². The molecule has 0 radical (unpaired) electrons. The zero-order valence-corrected chi connectivity index (χ0v) is 11.6. The van der Waals surface area contributed by atoms with Crippen molar-refractivity contribution in [2.45, 2.75) is 57.2 Å². The second-order valence-electron chi connectivity index (χ2n) is 5.83. The lowest BCUT2D eigenvalue weighted by molar-refractivity contribution is -0.133. The molecule has 1 saturated carbocycles. The van der Waals surface area contributed by atoms with Crippen molar-refractivity contribution >= 4 is 17.5 Å². The number of amides is 1. The van der Waals surface area contributed by atoms with E-state index in [1.54, 1.807) is 0 Å². The number of hydrogen-bond acceptors (Lipinski definition) is 1. The van der Waals surface area contributed by atoms with Crippen molar-refractivity contribution in [3.63, 3.8) is 0 Å². The summed E-state index contributed by atoms with van der Waals surface area (Å²) >= 11 is 6.25. The van der Waals surface area contributed by atoms with Gasteiger partial charge in [-0.15, -0.1) is 11.6 Å². The molecule has 0 N–H and O–H groups in total. The highest BCUT2D eigenvalue weighted by atomic mass is 35.5. The van der Waals surface area contributed by atoms with Crippen LogP contribution in [0.5, 0.6) is 0 Å². The predicted molar refractivity (Wildman–Crippen MR) is 71.2 cm³/mol. The van der Waals surface area contributed by atoms with Gasteiger partial charge < -0.3 is 4.90 Å². The van der Waals surface area contributed by atoms with Crippen molar-refractivity contribution in [2.75, 3.05) is 13.1 Å². The van der Waals surface area contributed by atoms with Crippen LogP contribution in [0.25, 0.3) is 0 Å². The predicted octanol–water partition coefficient (Wildman–Crippen LogP) is 3.43. The number of alkyl halides is 1. The van der Waals surface area contributed by atoms with Crippen molar-refractivity contribution in [1.82, 2.24) is 4.90 Å². The van der Waals surface area contributed by atoms with E-state index in [9.17, 15) is 4.79 Å². The number of carbonyl (C=O) groups excluding carboxylic acids is 1. The standard InChI is InChI=1S/C14H24ClNO/c1-11-7-8-16(10-13(11)15)14(17)9-12-5-3-2-4-6-12/h11-13H,2-10H2,1H3. The van der Waals surface area contributed by atoms with Crippen LogP contribution in [0.1, 0.15) is 51.9 Å². The molecule has 1 aliphatic heterocycles. The highest BCUT2D eigenvalue weighted by Crippen LogP contribution is 2.28. The average molecular weight is 258 g/mol. The number of rotatable bonds is 2. The molecule has 2 fully saturated rings. The number of likely N-dealkylation sites (tertiary alicyclic amines) is 1. The van der Waals surface area contributed by atoms with Gasteiger partial charge in [-0.3, -0.25) is 4.79 Å². The Labute approximate surface area is 110 Å². The fraction of sp³-hybridized carbons (Fsp3) is 0.929. The van der Waals surface area contributed by atoms with Crippen LogP contribution < -0.4 is 0 Å². The zero-order valence-electron chi connectivity index (χ0n) is 10.8. The first-order valence-electron chi connectivity index (χ1n) is 7.08. The molecule has 2 atom stereocenters. The Kier molecular flexibility index (Phi) is 4.72. The molecule has 0 bridgehead atoms. The summed E-state index contributed by atoms with van der Waals surface area (Å²) in [5.74, 6) is 1.54. The molecule has 17 heavy (non-hydrogen) atoms. The average Bonchev–Trinajstić information content (AvgIpc) is 2.34. The summed E-state index contributed by atoms with van der Waals surface area (Å²) < 4.78 is 0. The van der Waals surface area contributed by atoms with E-state index in [-0.39, 0.29) is 5.38 Å². The lowest BCUT2D eigenvalue weighted by atomic mass is 9.86. The van der Waals surface area contributed by atoms with Crippen molar-refractivity contribution in [3.05, 3.63) is 0 Å². The zero-order chi connectivity index (χ0) is 12.3. The van der Waals surface area contributed by atoms with Crippen molar-refractivity contribution in [3.8, 4) is 0 Å². The van der Waals surface area contributed by atoms with Gasteiger partial charge in [-0.25, -0.2) is 0 Å². The van der Waals surface area contributed by atoms with Gasteiger partial charge >= 0.3 is 0 Å². The summed E-state index contributed by atoms with van der Waals surface area (Å²) in [7, 11) is 0. The Morgan fingerprint density at radius 3 is 2.59 bits per heavy atom. The minimum absolute atomic E-state index is 0.152. The molecule has 0 aromatic carbocycles. The molecule has 2 nitrogen and oxygen atoms in total. The Morgan fingerprint density at radius 1 is 1.24 bits per heavy atom. The Bertz CT molecular complexity index is 263. The van der Waals surface area contributed by atoms with Crippen LogP contribution >= 0.6 is 11.6 Å². The molecular weight excluding hydrogens is 234 g/mol. The minimum atomic E-state index is 0.152. The number of piperidine rings is 1. The number of carbonyl (C=O) groups is 1. The SMILES string of the molecule is CC1CCN(C(=O)CC2CCCCC2)CC1Cl. The minimum Gasteiger partial charge on any atom is -0.341 e. The summed E-state index contributed by atoms with van der Waals surface area (Å²) in [4.78, 5) is 14.2. The van der Waals surface area contributed by atoms with Crippen LogP contribution in [0.3, 0.4) is 0 Å². The maximum absolute atomic E-state index is 12.2. The summed E-state index contributed by atoms with van der Waals surface area (Å²) in [5, 5.41) is 0.152. The summed E-state index contributed by atoms with van der Waals surface area (Å²) in [5.41, 5.74) is 0. The van der Waals surface area contributed by atoms with E-state index in [0.29, 0.717) is 17.7 Å². The third kappa shape index (κ3) is 3.61. The molecule has 0 aromatic rings. The van der Waals surface area contributed by atoms with Crippen LogP contribution in [-0.2, 0) is 4.79 Å². The number of nitrogens with zero attached hydrogens (tertiary/aromatic N) is 1. The van der Waals surface area contributed by atoms with E-state index in [0.717, 1.165) is 25.9 Å². The van der Waals surface area contributed by atoms with Gasteiger partial charge in [0.2, 0.25) is 5.91 Å².